The van der Waals surface area contributed by atoms with Gasteiger partial charge in [-0.3, -0.25) is 9.59 Å². The fraction of sp³-hybridized carbons (Fsp3) is 0.333. The van der Waals surface area contributed by atoms with Gasteiger partial charge in [0.15, 0.2) is 6.10 Å². The number of anilines is 1. The summed E-state index contributed by atoms with van der Waals surface area (Å²) in [4.78, 5) is 27.8. The number of benzene rings is 2. The summed E-state index contributed by atoms with van der Waals surface area (Å²) in [7, 11) is 0. The highest BCUT2D eigenvalue weighted by molar-refractivity contribution is 6.11. The molecule has 30 heavy (non-hydrogen) atoms. The number of para-hydroxylation sites is 2. The van der Waals surface area contributed by atoms with E-state index in [9.17, 15) is 9.59 Å². The van der Waals surface area contributed by atoms with Crippen LogP contribution in [0, 0.1) is 5.92 Å². The molecule has 1 aliphatic rings. The number of hydrogen-bond donors (Lipinski definition) is 1. The topological polar surface area (TPSA) is 71.8 Å². The molecule has 1 fully saturated rings. The first kappa shape index (κ1) is 20.0. The van der Waals surface area contributed by atoms with Gasteiger partial charge >= 0.3 is 0 Å². The van der Waals surface area contributed by atoms with Gasteiger partial charge in [-0.1, -0.05) is 37.3 Å². The van der Waals surface area contributed by atoms with E-state index in [4.69, 9.17) is 9.15 Å². The number of furan rings is 1. The number of carbonyl (C=O) groups is 2. The van der Waals surface area contributed by atoms with E-state index in [1.807, 2.05) is 36.4 Å². The van der Waals surface area contributed by atoms with E-state index in [1.165, 1.54) is 0 Å². The minimum Gasteiger partial charge on any atom is -0.481 e. The Morgan fingerprint density at radius 2 is 1.73 bits per heavy atom. The van der Waals surface area contributed by atoms with E-state index >= 15 is 0 Å². The van der Waals surface area contributed by atoms with Crippen LogP contribution < -0.4 is 10.1 Å². The largest absolute Gasteiger partial charge is 0.481 e. The van der Waals surface area contributed by atoms with Gasteiger partial charge in [-0.15, -0.1) is 0 Å². The van der Waals surface area contributed by atoms with Crippen LogP contribution in [0.15, 0.2) is 59.0 Å². The Hall–Kier alpha value is -3.28. The molecule has 156 valence electrons. The molecule has 1 unspecified atom stereocenters. The monoisotopic (exact) mass is 406 g/mol. The van der Waals surface area contributed by atoms with Gasteiger partial charge in [0, 0.05) is 18.5 Å². The average molecular weight is 406 g/mol. The highest BCUT2D eigenvalue weighted by Gasteiger charge is 2.29. The molecule has 1 atom stereocenters. The molecule has 0 aliphatic carbocycles. The molecular weight excluding hydrogens is 380 g/mol. The van der Waals surface area contributed by atoms with E-state index in [0.717, 1.165) is 12.8 Å². The smallest absolute Gasteiger partial charge is 0.291 e. The fourth-order valence-corrected chi connectivity index (χ4v) is 3.66. The minimum atomic E-state index is -0.736. The number of rotatable bonds is 5. The number of hydrogen-bond acceptors (Lipinski definition) is 4. The fourth-order valence-electron chi connectivity index (χ4n) is 3.66. The van der Waals surface area contributed by atoms with Crippen molar-refractivity contribution >= 4 is 28.5 Å². The van der Waals surface area contributed by atoms with Crippen molar-refractivity contribution in [3.8, 4) is 5.75 Å². The summed E-state index contributed by atoms with van der Waals surface area (Å²) in [6.45, 7) is 5.26. The van der Waals surface area contributed by atoms with Crippen LogP contribution in [-0.4, -0.2) is 35.9 Å². The number of likely N-dealkylation sites (tertiary alicyclic amines) is 1. The third-order valence-corrected chi connectivity index (χ3v) is 5.53. The second-order valence-corrected chi connectivity index (χ2v) is 7.84. The van der Waals surface area contributed by atoms with Crippen molar-refractivity contribution < 1.29 is 18.7 Å². The van der Waals surface area contributed by atoms with Gasteiger partial charge in [0.1, 0.15) is 17.0 Å². The minimum absolute atomic E-state index is 0.172. The number of piperidine rings is 1. The van der Waals surface area contributed by atoms with Crippen LogP contribution in [-0.2, 0) is 4.79 Å². The van der Waals surface area contributed by atoms with E-state index < -0.39 is 6.10 Å². The summed E-state index contributed by atoms with van der Waals surface area (Å²) in [5.74, 6) is 0.860. The summed E-state index contributed by atoms with van der Waals surface area (Å²) in [6.07, 6.45) is 1.20. The Labute approximate surface area is 175 Å². The van der Waals surface area contributed by atoms with Crippen molar-refractivity contribution in [2.75, 3.05) is 18.4 Å². The number of nitrogens with one attached hydrogen (secondary N) is 1. The maximum Gasteiger partial charge on any atom is 0.291 e. The lowest BCUT2D eigenvalue weighted by Gasteiger charge is -2.29. The van der Waals surface area contributed by atoms with Crippen molar-refractivity contribution in [1.29, 1.82) is 0 Å². The summed E-state index contributed by atoms with van der Waals surface area (Å²) in [6, 6.07) is 16.5. The molecule has 2 aromatic carbocycles. The van der Waals surface area contributed by atoms with Gasteiger partial charge in [-0.2, -0.15) is 0 Å². The Balaban J connectivity index is 1.58. The van der Waals surface area contributed by atoms with Gasteiger partial charge in [0.05, 0.1) is 0 Å². The van der Waals surface area contributed by atoms with E-state index in [2.05, 4.69) is 12.2 Å². The van der Waals surface area contributed by atoms with Crippen LogP contribution >= 0.6 is 0 Å². The number of fused-ring (bicyclic) bond motifs is 1. The zero-order chi connectivity index (χ0) is 21.1. The van der Waals surface area contributed by atoms with Crippen molar-refractivity contribution in [2.24, 2.45) is 5.92 Å². The molecule has 1 aliphatic heterocycles. The first-order chi connectivity index (χ1) is 14.5. The van der Waals surface area contributed by atoms with Crippen molar-refractivity contribution in [2.45, 2.75) is 32.8 Å². The lowest BCUT2D eigenvalue weighted by molar-refractivity contribution is -0.122. The number of ether oxygens (including phenoxy) is 1. The predicted octanol–water partition coefficient (Wildman–Crippen LogP) is 4.71. The highest BCUT2D eigenvalue weighted by atomic mass is 16.5. The normalized spacial score (nSPS) is 15.7. The molecule has 0 saturated carbocycles. The molecule has 4 rings (SSSR count). The molecule has 3 aromatic rings. The maximum atomic E-state index is 13.2. The summed E-state index contributed by atoms with van der Waals surface area (Å²) >= 11 is 0. The zero-order valence-electron chi connectivity index (χ0n) is 17.3. The van der Waals surface area contributed by atoms with Crippen LogP contribution in [0.4, 0.5) is 5.69 Å². The molecule has 2 heterocycles. The Bertz CT molecular complexity index is 1040. The molecule has 1 saturated heterocycles. The number of carbonyl (C=O) groups excluding carboxylic acids is 2. The van der Waals surface area contributed by atoms with Crippen molar-refractivity contribution in [3.05, 3.63) is 60.4 Å². The summed E-state index contributed by atoms with van der Waals surface area (Å²) in [5.41, 5.74) is 0.973. The van der Waals surface area contributed by atoms with Gasteiger partial charge < -0.3 is 19.4 Å². The third-order valence-electron chi connectivity index (χ3n) is 5.53. The molecule has 0 bridgehead atoms. The molecular formula is C24H26N2O4. The first-order valence-corrected chi connectivity index (χ1v) is 10.4. The van der Waals surface area contributed by atoms with Gasteiger partial charge in [-0.25, -0.2) is 0 Å². The first-order valence-electron chi connectivity index (χ1n) is 10.4. The molecule has 6 nitrogen and oxygen atoms in total. The summed E-state index contributed by atoms with van der Waals surface area (Å²) < 4.78 is 11.6. The van der Waals surface area contributed by atoms with Gasteiger partial charge in [0.25, 0.3) is 11.8 Å². The molecule has 0 spiro atoms. The van der Waals surface area contributed by atoms with Crippen molar-refractivity contribution in [3.63, 3.8) is 0 Å². The number of nitrogens with zero attached hydrogens (tertiary/aromatic N) is 1. The molecule has 1 N–H and O–H groups in total. The van der Waals surface area contributed by atoms with E-state index in [1.54, 1.807) is 30.0 Å². The van der Waals surface area contributed by atoms with E-state index in [0.29, 0.717) is 41.4 Å². The predicted molar refractivity (Wildman–Crippen MR) is 116 cm³/mol. The SMILES string of the molecule is CC1CCN(C(=O)c2oc3ccccc3c2NC(=O)C(C)Oc2ccccc2)CC1. The van der Waals surface area contributed by atoms with E-state index in [-0.39, 0.29) is 17.6 Å². The van der Waals surface area contributed by atoms with Crippen LogP contribution in [0.5, 0.6) is 5.75 Å². The molecule has 6 heteroatoms. The quantitative estimate of drug-likeness (QED) is 0.666. The Morgan fingerprint density at radius 3 is 2.47 bits per heavy atom. The highest BCUT2D eigenvalue weighted by Crippen LogP contribution is 2.33. The summed E-state index contributed by atoms with van der Waals surface area (Å²) in [5, 5.41) is 3.58. The van der Waals surface area contributed by atoms with Crippen LogP contribution in [0.1, 0.15) is 37.2 Å². The lowest BCUT2D eigenvalue weighted by Crippen LogP contribution is -2.38. The Morgan fingerprint density at radius 1 is 1.07 bits per heavy atom. The lowest BCUT2D eigenvalue weighted by atomic mass is 9.99. The Kier molecular flexibility index (Phi) is 5.74. The maximum absolute atomic E-state index is 13.2. The molecule has 2 amide bonds. The third kappa shape index (κ3) is 4.17. The van der Waals surface area contributed by atoms with Crippen LogP contribution in [0.2, 0.25) is 0 Å². The molecule has 1 aromatic heterocycles. The second-order valence-electron chi connectivity index (χ2n) is 7.84. The van der Waals surface area contributed by atoms with Gasteiger partial charge in [-0.05, 0) is 49.9 Å². The van der Waals surface area contributed by atoms with Crippen molar-refractivity contribution in [1.82, 2.24) is 4.90 Å². The average Bonchev–Trinajstić information content (AvgIpc) is 3.13. The zero-order valence-corrected chi connectivity index (χ0v) is 17.3. The van der Waals surface area contributed by atoms with Crippen LogP contribution in [0.25, 0.3) is 11.0 Å². The van der Waals surface area contributed by atoms with Gasteiger partial charge in [0.2, 0.25) is 5.76 Å². The number of amides is 2. The molecule has 0 radical (unpaired) electrons. The van der Waals surface area contributed by atoms with Crippen LogP contribution in [0.3, 0.4) is 0 Å². The standard InChI is InChI=1S/C24H26N2O4/c1-16-12-14-26(15-13-16)24(28)22-21(19-10-6-7-11-20(19)30-22)25-23(27)17(2)29-18-8-4-3-5-9-18/h3-11,16-17H,12-15H2,1-2H3,(H,25,27). The second kappa shape index (κ2) is 8.61.